The minimum Gasteiger partial charge on any atom is -0.333 e. The van der Waals surface area contributed by atoms with Crippen molar-refractivity contribution in [3.63, 3.8) is 0 Å². The van der Waals surface area contributed by atoms with Gasteiger partial charge >= 0.3 is 0 Å². The molecular weight excluding hydrogens is 328 g/mol. The molecule has 0 bridgehead atoms. The van der Waals surface area contributed by atoms with E-state index in [9.17, 15) is 4.79 Å². The van der Waals surface area contributed by atoms with Crippen LogP contribution >= 0.6 is 23.7 Å². The lowest BCUT2D eigenvalue weighted by molar-refractivity contribution is 0.0660. The number of amides is 1. The highest BCUT2D eigenvalue weighted by Crippen LogP contribution is 2.39. The number of fused-ring (bicyclic) bond motifs is 3. The molecule has 3 nitrogen and oxygen atoms in total. The lowest BCUT2D eigenvalue weighted by Crippen LogP contribution is -2.52. The predicted molar refractivity (Wildman–Crippen MR) is 97.8 cm³/mol. The number of thiophene rings is 1. The van der Waals surface area contributed by atoms with Gasteiger partial charge in [-0.1, -0.05) is 24.3 Å². The maximum absolute atomic E-state index is 12.8. The van der Waals surface area contributed by atoms with Gasteiger partial charge < -0.3 is 10.2 Å². The molecule has 5 heteroatoms. The molecule has 2 heterocycles. The summed E-state index contributed by atoms with van der Waals surface area (Å²) < 4.78 is 0. The number of carbonyl (C=O) groups excluding carboxylic acids is 1. The Morgan fingerprint density at radius 2 is 2.04 bits per heavy atom. The third-order valence-corrected chi connectivity index (χ3v) is 5.91. The Balaban J connectivity index is 0.00000156. The molecular formula is C18H21ClN2OS. The number of carbonyl (C=O) groups is 1. The fourth-order valence-electron chi connectivity index (χ4n) is 3.46. The van der Waals surface area contributed by atoms with E-state index in [1.54, 1.807) is 11.3 Å². The van der Waals surface area contributed by atoms with Crippen molar-refractivity contribution in [2.24, 2.45) is 0 Å². The Hall–Kier alpha value is -1.36. The number of piperazine rings is 1. The van der Waals surface area contributed by atoms with Crippen molar-refractivity contribution in [2.45, 2.75) is 25.8 Å². The zero-order valence-corrected chi connectivity index (χ0v) is 14.8. The molecule has 1 aromatic carbocycles. The lowest BCUT2D eigenvalue weighted by atomic mass is 9.91. The number of hydrogen-bond donors (Lipinski definition) is 1. The zero-order valence-electron chi connectivity index (χ0n) is 13.2. The molecule has 2 aliphatic rings. The van der Waals surface area contributed by atoms with Crippen molar-refractivity contribution in [1.82, 2.24) is 10.2 Å². The van der Waals surface area contributed by atoms with Gasteiger partial charge in [0.2, 0.25) is 0 Å². The van der Waals surface area contributed by atoms with Gasteiger partial charge in [-0.25, -0.2) is 0 Å². The summed E-state index contributed by atoms with van der Waals surface area (Å²) in [7, 11) is 0. The van der Waals surface area contributed by atoms with Crippen molar-refractivity contribution >= 4 is 29.7 Å². The molecule has 122 valence electrons. The second-order valence-corrected chi connectivity index (χ2v) is 7.23. The average molecular weight is 349 g/mol. The van der Waals surface area contributed by atoms with E-state index in [2.05, 4.69) is 42.6 Å². The molecule has 23 heavy (non-hydrogen) atoms. The van der Waals surface area contributed by atoms with Gasteiger partial charge in [0.05, 0.1) is 4.88 Å². The average Bonchev–Trinajstić information content (AvgIpc) is 2.99. The first kappa shape index (κ1) is 16.5. The molecule has 1 fully saturated rings. The third-order valence-electron chi connectivity index (χ3n) is 4.71. The summed E-state index contributed by atoms with van der Waals surface area (Å²) in [5.74, 6) is 0.200. The van der Waals surface area contributed by atoms with Crippen molar-refractivity contribution in [1.29, 1.82) is 0 Å². The quantitative estimate of drug-likeness (QED) is 0.857. The van der Waals surface area contributed by atoms with Gasteiger partial charge in [0.25, 0.3) is 5.91 Å². The van der Waals surface area contributed by atoms with Crippen LogP contribution in [0.1, 0.15) is 27.7 Å². The highest BCUT2D eigenvalue weighted by Gasteiger charge is 2.27. The molecule has 0 spiro atoms. The highest BCUT2D eigenvalue weighted by atomic mass is 35.5. The Labute approximate surface area is 147 Å². The summed E-state index contributed by atoms with van der Waals surface area (Å²) in [6, 6.07) is 11.0. The first-order valence-corrected chi connectivity index (χ1v) is 8.78. The van der Waals surface area contributed by atoms with Gasteiger partial charge in [-0.15, -0.1) is 23.7 Å². The van der Waals surface area contributed by atoms with Crippen LogP contribution in [0.3, 0.4) is 0 Å². The largest absolute Gasteiger partial charge is 0.333 e. The molecule has 1 aliphatic carbocycles. The van der Waals surface area contributed by atoms with Crippen LogP contribution in [-0.4, -0.2) is 36.5 Å². The number of benzene rings is 1. The number of rotatable bonds is 1. The molecule has 2 aromatic rings. The molecule has 4 rings (SSSR count). The van der Waals surface area contributed by atoms with Crippen LogP contribution in [0.15, 0.2) is 30.3 Å². The van der Waals surface area contributed by atoms with Crippen LogP contribution in [0.4, 0.5) is 0 Å². The highest BCUT2D eigenvalue weighted by molar-refractivity contribution is 7.17. The van der Waals surface area contributed by atoms with Crippen molar-refractivity contribution < 1.29 is 4.79 Å². The summed E-state index contributed by atoms with van der Waals surface area (Å²) in [5, 5.41) is 3.34. The molecule has 0 unspecified atom stereocenters. The minimum absolute atomic E-state index is 0. The van der Waals surface area contributed by atoms with E-state index in [0.717, 1.165) is 37.4 Å². The fourth-order valence-corrected chi connectivity index (χ4v) is 4.69. The second kappa shape index (κ2) is 6.63. The van der Waals surface area contributed by atoms with Gasteiger partial charge in [-0.2, -0.15) is 0 Å². The van der Waals surface area contributed by atoms with Crippen LogP contribution in [0, 0.1) is 0 Å². The summed E-state index contributed by atoms with van der Waals surface area (Å²) >= 11 is 1.67. The summed E-state index contributed by atoms with van der Waals surface area (Å²) in [5.41, 5.74) is 4.07. The number of hydrogen-bond acceptors (Lipinski definition) is 3. The van der Waals surface area contributed by atoms with E-state index in [1.807, 2.05) is 4.90 Å². The molecule has 1 atom stereocenters. The van der Waals surface area contributed by atoms with Crippen LogP contribution in [0.2, 0.25) is 0 Å². The molecule has 1 saturated heterocycles. The smallest absolute Gasteiger partial charge is 0.264 e. The summed E-state index contributed by atoms with van der Waals surface area (Å²) in [4.78, 5) is 17.1. The van der Waals surface area contributed by atoms with Crippen molar-refractivity contribution in [2.75, 3.05) is 19.6 Å². The van der Waals surface area contributed by atoms with Gasteiger partial charge in [-0.05, 0) is 42.5 Å². The van der Waals surface area contributed by atoms with Gasteiger partial charge in [-0.3, -0.25) is 4.79 Å². The normalized spacial score (nSPS) is 19.5. The van der Waals surface area contributed by atoms with Crippen LogP contribution in [0.25, 0.3) is 10.4 Å². The fraction of sp³-hybridized carbons (Fsp3) is 0.389. The maximum atomic E-state index is 12.8. The maximum Gasteiger partial charge on any atom is 0.264 e. The van der Waals surface area contributed by atoms with E-state index < -0.39 is 0 Å². The van der Waals surface area contributed by atoms with E-state index in [0.29, 0.717) is 0 Å². The minimum atomic E-state index is 0. The predicted octanol–water partition coefficient (Wildman–Crippen LogP) is 3.37. The number of halogens is 1. The monoisotopic (exact) mass is 348 g/mol. The number of aryl methyl sites for hydroxylation is 2. The Kier molecular flexibility index (Phi) is 4.76. The van der Waals surface area contributed by atoms with Crippen molar-refractivity contribution in [3.05, 3.63) is 46.3 Å². The summed E-state index contributed by atoms with van der Waals surface area (Å²) in [6.45, 7) is 4.70. The van der Waals surface area contributed by atoms with Gasteiger partial charge in [0.15, 0.2) is 0 Å². The molecule has 1 amide bonds. The third kappa shape index (κ3) is 2.91. The molecule has 1 aromatic heterocycles. The standard InChI is InChI=1S/C18H20N2OS.ClH/c1-12-11-19-8-9-20(12)18(21)16-10-14-7-6-13-4-2-3-5-15(13)17(14)22-16;/h2-5,10,12,19H,6-9,11H2,1H3;1H/t12-;/m0./s1. The number of nitrogens with zero attached hydrogens (tertiary/aromatic N) is 1. The lowest BCUT2D eigenvalue weighted by Gasteiger charge is -2.33. The molecule has 0 radical (unpaired) electrons. The Morgan fingerprint density at radius 3 is 2.87 bits per heavy atom. The van der Waals surface area contributed by atoms with E-state index in [4.69, 9.17) is 0 Å². The molecule has 1 N–H and O–H groups in total. The molecule has 1 aliphatic heterocycles. The zero-order chi connectivity index (χ0) is 15.1. The van der Waals surface area contributed by atoms with Gasteiger partial charge in [0.1, 0.15) is 0 Å². The van der Waals surface area contributed by atoms with Crippen LogP contribution in [-0.2, 0) is 12.8 Å². The first-order chi connectivity index (χ1) is 10.7. The second-order valence-electron chi connectivity index (χ2n) is 6.17. The van der Waals surface area contributed by atoms with E-state index in [-0.39, 0.29) is 24.4 Å². The Morgan fingerprint density at radius 1 is 1.26 bits per heavy atom. The Bertz CT molecular complexity index is 728. The van der Waals surface area contributed by atoms with Crippen LogP contribution < -0.4 is 5.32 Å². The van der Waals surface area contributed by atoms with Crippen molar-refractivity contribution in [3.8, 4) is 10.4 Å². The van der Waals surface area contributed by atoms with Gasteiger partial charge in [0, 0.05) is 30.6 Å². The summed E-state index contributed by atoms with van der Waals surface area (Å²) in [6.07, 6.45) is 2.13. The van der Waals surface area contributed by atoms with E-state index >= 15 is 0 Å². The van der Waals surface area contributed by atoms with Crippen LogP contribution in [0.5, 0.6) is 0 Å². The number of nitrogens with one attached hydrogen (secondary N) is 1. The SMILES string of the molecule is C[C@H]1CNCCN1C(=O)c1cc2c(s1)-c1ccccc1CC2.Cl. The van der Waals surface area contributed by atoms with E-state index in [1.165, 1.54) is 21.6 Å². The topological polar surface area (TPSA) is 32.3 Å². The first-order valence-electron chi connectivity index (χ1n) is 7.96. The molecule has 0 saturated carbocycles.